The van der Waals surface area contributed by atoms with Gasteiger partial charge in [-0.25, -0.2) is 0 Å². The van der Waals surface area contributed by atoms with Gasteiger partial charge < -0.3 is 10.2 Å². The van der Waals surface area contributed by atoms with Crippen LogP contribution in [0.25, 0.3) is 10.2 Å². The van der Waals surface area contributed by atoms with Crippen molar-refractivity contribution < 1.29 is 4.79 Å². The molecule has 2 aliphatic heterocycles. The second-order valence-electron chi connectivity index (χ2n) is 6.59. The van der Waals surface area contributed by atoms with Gasteiger partial charge in [0.25, 0.3) is 5.91 Å². The Bertz CT molecular complexity index is 677. The van der Waals surface area contributed by atoms with Gasteiger partial charge >= 0.3 is 0 Å². The van der Waals surface area contributed by atoms with Crippen molar-refractivity contribution >= 4 is 39.9 Å². The van der Waals surface area contributed by atoms with Gasteiger partial charge in [-0.15, -0.1) is 23.7 Å². The highest BCUT2D eigenvalue weighted by molar-refractivity contribution is 7.20. The van der Waals surface area contributed by atoms with Crippen LogP contribution in [0.2, 0.25) is 0 Å². The number of likely N-dealkylation sites (tertiary alicyclic amines) is 1. The largest absolute Gasteiger partial charge is 0.338 e. The Morgan fingerprint density at radius 3 is 2.57 bits per heavy atom. The average Bonchev–Trinajstić information content (AvgIpc) is 3.15. The van der Waals surface area contributed by atoms with Gasteiger partial charge in [0.05, 0.1) is 10.6 Å². The van der Waals surface area contributed by atoms with Crippen LogP contribution < -0.4 is 5.32 Å². The molecule has 0 spiro atoms. The molecule has 2 aliphatic rings. The van der Waals surface area contributed by atoms with Crippen LogP contribution in [0.4, 0.5) is 0 Å². The highest BCUT2D eigenvalue weighted by Crippen LogP contribution is 2.31. The van der Waals surface area contributed by atoms with Crippen molar-refractivity contribution in [3.05, 3.63) is 16.6 Å². The zero-order valence-corrected chi connectivity index (χ0v) is 15.2. The van der Waals surface area contributed by atoms with Crippen LogP contribution in [0.1, 0.15) is 28.2 Å². The van der Waals surface area contributed by atoms with E-state index < -0.39 is 0 Å². The molecule has 2 saturated heterocycles. The van der Waals surface area contributed by atoms with Crippen molar-refractivity contribution in [3.8, 4) is 0 Å². The number of fused-ring (bicyclic) bond motifs is 2. The Kier molecular flexibility index (Phi) is 4.67. The number of aryl methyl sites for hydroxylation is 2. The predicted molar refractivity (Wildman–Crippen MR) is 95.6 cm³/mol. The van der Waals surface area contributed by atoms with E-state index in [2.05, 4.69) is 15.3 Å². The number of aromatic nitrogens is 2. The molecule has 0 aliphatic carbocycles. The van der Waals surface area contributed by atoms with Crippen molar-refractivity contribution in [2.75, 3.05) is 26.2 Å². The Morgan fingerprint density at radius 2 is 1.96 bits per heavy atom. The molecule has 4 rings (SSSR count). The molecule has 4 heterocycles. The molecule has 5 nitrogen and oxygen atoms in total. The van der Waals surface area contributed by atoms with Crippen molar-refractivity contribution in [1.29, 1.82) is 0 Å². The van der Waals surface area contributed by atoms with Crippen LogP contribution in [0.3, 0.4) is 0 Å². The highest BCUT2D eigenvalue weighted by Gasteiger charge is 2.32. The third-order valence-electron chi connectivity index (χ3n) is 5.21. The maximum Gasteiger partial charge on any atom is 0.264 e. The Hall–Kier alpha value is -1.11. The number of amides is 1. The molecule has 126 valence electrons. The second-order valence-corrected chi connectivity index (χ2v) is 7.62. The molecule has 1 amide bonds. The molecule has 0 aromatic carbocycles. The van der Waals surface area contributed by atoms with E-state index in [1.807, 2.05) is 24.7 Å². The molecule has 0 saturated carbocycles. The summed E-state index contributed by atoms with van der Waals surface area (Å²) in [6, 6.07) is 2.03. The van der Waals surface area contributed by atoms with Gasteiger partial charge in [0, 0.05) is 25.5 Å². The number of hydrogen-bond donors (Lipinski definition) is 1. The molecule has 0 radical (unpaired) electrons. The summed E-state index contributed by atoms with van der Waals surface area (Å²) in [5.74, 6) is 1.71. The van der Waals surface area contributed by atoms with Gasteiger partial charge in [0.15, 0.2) is 0 Å². The predicted octanol–water partition coefficient (Wildman–Crippen LogP) is 2.44. The fraction of sp³-hybridized carbons (Fsp3) is 0.625. The Balaban J connectivity index is 0.00000156. The van der Waals surface area contributed by atoms with Crippen LogP contribution in [0, 0.1) is 18.8 Å². The maximum absolute atomic E-state index is 12.9. The number of rotatable bonds is 1. The van der Waals surface area contributed by atoms with Gasteiger partial charge in [-0.05, 0) is 50.8 Å². The van der Waals surface area contributed by atoms with E-state index in [-0.39, 0.29) is 18.3 Å². The third kappa shape index (κ3) is 2.88. The summed E-state index contributed by atoms with van der Waals surface area (Å²) in [5.41, 5.74) is 1.00. The number of hydrogen-bond acceptors (Lipinski definition) is 4. The topological polar surface area (TPSA) is 50.2 Å². The quantitative estimate of drug-likeness (QED) is 0.855. The van der Waals surface area contributed by atoms with Crippen LogP contribution in [0.5, 0.6) is 0 Å². The van der Waals surface area contributed by atoms with Gasteiger partial charge in [-0.2, -0.15) is 5.10 Å². The van der Waals surface area contributed by atoms with E-state index in [1.54, 1.807) is 11.3 Å². The maximum atomic E-state index is 12.9. The average molecular weight is 355 g/mol. The monoisotopic (exact) mass is 354 g/mol. The first kappa shape index (κ1) is 16.7. The summed E-state index contributed by atoms with van der Waals surface area (Å²) in [7, 11) is 1.94. The first-order valence-electron chi connectivity index (χ1n) is 8.06. The SMILES string of the molecule is Cc1nn(C)c2sc(C(=O)N3CC[C@@H]4CNC[C@@H]4CC3)cc12.Cl. The molecule has 7 heteroatoms. The van der Waals surface area contributed by atoms with Gasteiger partial charge in [-0.3, -0.25) is 9.48 Å². The van der Waals surface area contributed by atoms with E-state index in [4.69, 9.17) is 0 Å². The molecular formula is C16H23ClN4OS. The Labute approximate surface area is 146 Å². The number of halogens is 1. The lowest BCUT2D eigenvalue weighted by Crippen LogP contribution is -2.32. The third-order valence-corrected chi connectivity index (χ3v) is 6.40. The van der Waals surface area contributed by atoms with Gasteiger partial charge in [0.1, 0.15) is 4.83 Å². The molecule has 23 heavy (non-hydrogen) atoms. The molecule has 0 unspecified atom stereocenters. The lowest BCUT2D eigenvalue weighted by atomic mass is 9.92. The smallest absolute Gasteiger partial charge is 0.264 e. The van der Waals surface area contributed by atoms with Crippen molar-refractivity contribution in [1.82, 2.24) is 20.0 Å². The van der Waals surface area contributed by atoms with E-state index in [1.165, 1.54) is 0 Å². The first-order chi connectivity index (χ1) is 10.6. The number of nitrogens with one attached hydrogen (secondary N) is 1. The lowest BCUT2D eigenvalue weighted by Gasteiger charge is -2.20. The van der Waals surface area contributed by atoms with E-state index in [0.29, 0.717) is 0 Å². The van der Waals surface area contributed by atoms with Crippen LogP contribution in [0.15, 0.2) is 6.07 Å². The molecule has 2 aromatic heterocycles. The summed E-state index contributed by atoms with van der Waals surface area (Å²) in [6.07, 6.45) is 2.27. The van der Waals surface area contributed by atoms with Crippen LogP contribution >= 0.6 is 23.7 Å². The van der Waals surface area contributed by atoms with Crippen molar-refractivity contribution in [3.63, 3.8) is 0 Å². The summed E-state index contributed by atoms with van der Waals surface area (Å²) in [6.45, 7) is 6.05. The number of carbonyl (C=O) groups excluding carboxylic acids is 1. The van der Waals surface area contributed by atoms with Crippen molar-refractivity contribution in [2.24, 2.45) is 18.9 Å². The minimum Gasteiger partial charge on any atom is -0.338 e. The molecule has 1 N–H and O–H groups in total. The fourth-order valence-corrected chi connectivity index (χ4v) is 4.98. The van der Waals surface area contributed by atoms with E-state index >= 15 is 0 Å². The highest BCUT2D eigenvalue weighted by atomic mass is 35.5. The molecular weight excluding hydrogens is 332 g/mol. The van der Waals surface area contributed by atoms with Gasteiger partial charge in [0.2, 0.25) is 0 Å². The van der Waals surface area contributed by atoms with Crippen molar-refractivity contribution in [2.45, 2.75) is 19.8 Å². The zero-order chi connectivity index (χ0) is 15.3. The fourth-order valence-electron chi connectivity index (χ4n) is 3.89. The van der Waals surface area contributed by atoms with Crippen LogP contribution in [-0.2, 0) is 7.05 Å². The summed E-state index contributed by atoms with van der Waals surface area (Å²) >= 11 is 1.57. The van der Waals surface area contributed by atoms with E-state index in [9.17, 15) is 4.79 Å². The molecule has 2 aromatic rings. The summed E-state index contributed by atoms with van der Waals surface area (Å²) in [5, 5.41) is 9.01. The van der Waals surface area contributed by atoms with Gasteiger partial charge in [-0.1, -0.05) is 0 Å². The van der Waals surface area contributed by atoms with Crippen LogP contribution in [-0.4, -0.2) is 46.8 Å². The Morgan fingerprint density at radius 1 is 1.30 bits per heavy atom. The number of nitrogens with zero attached hydrogens (tertiary/aromatic N) is 3. The standard InChI is InChI=1S/C16H22N4OS.ClH/c1-10-13-7-14(22-16(13)19(2)18-10)15(21)20-5-3-11-8-17-9-12(11)4-6-20;/h7,11-12,17H,3-6,8-9H2,1-2H3;1H/t11-,12+;. The molecule has 2 atom stereocenters. The second kappa shape index (κ2) is 6.42. The first-order valence-corrected chi connectivity index (χ1v) is 8.88. The van der Waals surface area contributed by atoms with E-state index in [0.717, 1.165) is 71.6 Å². The minimum atomic E-state index is 0. The lowest BCUT2D eigenvalue weighted by molar-refractivity contribution is 0.0763. The summed E-state index contributed by atoms with van der Waals surface area (Å²) < 4.78 is 1.88. The number of thiophene rings is 1. The zero-order valence-electron chi connectivity index (χ0n) is 13.5. The number of carbonyl (C=O) groups is 1. The molecule has 0 bridgehead atoms. The molecule has 2 fully saturated rings. The summed E-state index contributed by atoms with van der Waals surface area (Å²) in [4.78, 5) is 16.9. The minimum absolute atomic E-state index is 0. The normalized spacial score (nSPS) is 24.3.